The molecule has 0 heterocycles. The van der Waals surface area contributed by atoms with E-state index in [2.05, 4.69) is 21.2 Å². The van der Waals surface area contributed by atoms with E-state index in [1.807, 2.05) is 43.3 Å². The van der Waals surface area contributed by atoms with Crippen LogP contribution in [0.3, 0.4) is 0 Å². The average molecular weight is 393 g/mol. The third-order valence-electron chi connectivity index (χ3n) is 3.41. The first-order chi connectivity index (χ1) is 11.5. The average Bonchev–Trinajstić information content (AvgIpc) is 2.55. The summed E-state index contributed by atoms with van der Waals surface area (Å²) in [6.07, 6.45) is 0.253. The van der Waals surface area contributed by atoms with Gasteiger partial charge in [-0.2, -0.15) is 0 Å². The first-order valence-corrected chi connectivity index (χ1v) is 8.43. The molecule has 0 aromatic heterocycles. The predicted molar refractivity (Wildman–Crippen MR) is 98.5 cm³/mol. The van der Waals surface area contributed by atoms with Gasteiger partial charge < -0.3 is 20.5 Å². The molecule has 1 amide bonds. The molecule has 0 aliphatic rings. The van der Waals surface area contributed by atoms with Crippen LogP contribution >= 0.6 is 15.9 Å². The summed E-state index contributed by atoms with van der Waals surface area (Å²) in [7, 11) is 1.62. The Labute approximate surface area is 150 Å². The molecule has 0 aliphatic heterocycles. The molecule has 2 aromatic rings. The molecule has 6 heteroatoms. The van der Waals surface area contributed by atoms with E-state index in [1.54, 1.807) is 7.11 Å². The standard InChI is InChI=1S/C18H21BrN2O3/c1-3-24-18-15(19)8-13(9-16(18)23-2)11-21-14-6-4-12(5-7-14)10-17(20)22/h4-9,21H,3,10-11H2,1-2H3,(H2,20,22). The molecule has 3 N–H and O–H groups in total. The molecule has 128 valence electrons. The molecule has 0 fully saturated rings. The Morgan fingerprint density at radius 3 is 2.50 bits per heavy atom. The molecular formula is C18H21BrN2O3. The van der Waals surface area contributed by atoms with E-state index in [4.69, 9.17) is 15.2 Å². The minimum Gasteiger partial charge on any atom is -0.493 e. The summed E-state index contributed by atoms with van der Waals surface area (Å²) in [5.74, 6) is 1.07. The largest absolute Gasteiger partial charge is 0.493 e. The Balaban J connectivity index is 2.06. The van der Waals surface area contributed by atoms with Crippen molar-refractivity contribution in [2.24, 2.45) is 5.73 Å². The lowest BCUT2D eigenvalue weighted by Crippen LogP contribution is -2.13. The number of benzene rings is 2. The molecule has 0 radical (unpaired) electrons. The smallest absolute Gasteiger partial charge is 0.221 e. The molecule has 5 nitrogen and oxygen atoms in total. The number of methoxy groups -OCH3 is 1. The van der Waals surface area contributed by atoms with E-state index in [9.17, 15) is 4.79 Å². The van der Waals surface area contributed by atoms with Crippen LogP contribution in [0.1, 0.15) is 18.1 Å². The molecule has 0 unspecified atom stereocenters. The molecule has 0 aliphatic carbocycles. The number of hydrogen-bond acceptors (Lipinski definition) is 4. The summed E-state index contributed by atoms with van der Waals surface area (Å²) in [6.45, 7) is 3.14. The number of anilines is 1. The Bertz CT molecular complexity index is 702. The van der Waals surface area contributed by atoms with Gasteiger partial charge in [0, 0.05) is 12.2 Å². The maximum atomic E-state index is 10.9. The Morgan fingerprint density at radius 2 is 1.92 bits per heavy atom. The fourth-order valence-electron chi connectivity index (χ4n) is 2.31. The summed E-state index contributed by atoms with van der Waals surface area (Å²) in [5, 5.41) is 3.34. The number of rotatable bonds is 8. The zero-order valence-electron chi connectivity index (χ0n) is 13.8. The lowest BCUT2D eigenvalue weighted by Gasteiger charge is -2.14. The highest BCUT2D eigenvalue weighted by atomic mass is 79.9. The van der Waals surface area contributed by atoms with Gasteiger partial charge in [0.05, 0.1) is 24.6 Å². The lowest BCUT2D eigenvalue weighted by molar-refractivity contribution is -0.117. The third kappa shape index (κ3) is 4.89. The molecule has 24 heavy (non-hydrogen) atoms. The second-order valence-electron chi connectivity index (χ2n) is 5.24. The lowest BCUT2D eigenvalue weighted by atomic mass is 10.1. The van der Waals surface area contributed by atoms with Gasteiger partial charge in [0.15, 0.2) is 11.5 Å². The number of hydrogen-bond donors (Lipinski definition) is 2. The van der Waals surface area contributed by atoms with E-state index in [1.165, 1.54) is 0 Å². The van der Waals surface area contributed by atoms with E-state index in [-0.39, 0.29) is 12.3 Å². The Kier molecular flexibility index (Phi) is 6.49. The molecule has 0 saturated carbocycles. The van der Waals surface area contributed by atoms with E-state index in [0.29, 0.717) is 24.7 Å². The van der Waals surface area contributed by atoms with Crippen molar-refractivity contribution < 1.29 is 14.3 Å². The van der Waals surface area contributed by atoms with Crippen LogP contribution in [0.4, 0.5) is 5.69 Å². The monoisotopic (exact) mass is 392 g/mol. The van der Waals surface area contributed by atoms with E-state index in [0.717, 1.165) is 21.3 Å². The van der Waals surface area contributed by atoms with Gasteiger partial charge in [0.25, 0.3) is 0 Å². The van der Waals surface area contributed by atoms with Crippen LogP contribution in [0.2, 0.25) is 0 Å². The predicted octanol–water partition coefficient (Wildman–Crippen LogP) is 3.50. The van der Waals surface area contributed by atoms with Gasteiger partial charge in [-0.3, -0.25) is 4.79 Å². The summed E-state index contributed by atoms with van der Waals surface area (Å²) in [4.78, 5) is 10.9. The second kappa shape index (κ2) is 8.59. The number of amides is 1. The number of carbonyl (C=O) groups is 1. The van der Waals surface area contributed by atoms with Gasteiger partial charge in [-0.25, -0.2) is 0 Å². The van der Waals surface area contributed by atoms with Crippen molar-refractivity contribution in [3.8, 4) is 11.5 Å². The fraction of sp³-hybridized carbons (Fsp3) is 0.278. The molecule has 0 atom stereocenters. The Hall–Kier alpha value is -2.21. The van der Waals surface area contributed by atoms with E-state index < -0.39 is 0 Å². The number of nitrogens with two attached hydrogens (primary N) is 1. The van der Waals surface area contributed by atoms with Gasteiger partial charge in [-0.1, -0.05) is 12.1 Å². The number of carbonyl (C=O) groups excluding carboxylic acids is 1. The second-order valence-corrected chi connectivity index (χ2v) is 6.09. The molecular weight excluding hydrogens is 372 g/mol. The first-order valence-electron chi connectivity index (χ1n) is 7.63. The molecule has 2 aromatic carbocycles. The van der Waals surface area contributed by atoms with Gasteiger partial charge in [0.1, 0.15) is 0 Å². The number of nitrogens with one attached hydrogen (secondary N) is 1. The SMILES string of the molecule is CCOc1c(Br)cc(CNc2ccc(CC(N)=O)cc2)cc1OC. The van der Waals surface area contributed by atoms with Crippen molar-refractivity contribution in [3.63, 3.8) is 0 Å². The van der Waals surface area contributed by atoms with Crippen LogP contribution in [0.15, 0.2) is 40.9 Å². The maximum Gasteiger partial charge on any atom is 0.221 e. The molecule has 0 bridgehead atoms. The fourth-order valence-corrected chi connectivity index (χ4v) is 2.91. The molecule has 0 saturated heterocycles. The van der Waals surface area contributed by atoms with E-state index >= 15 is 0 Å². The van der Waals surface area contributed by atoms with Gasteiger partial charge in [-0.15, -0.1) is 0 Å². The van der Waals surface area contributed by atoms with Crippen molar-refractivity contribution >= 4 is 27.5 Å². The number of halogens is 1. The van der Waals surface area contributed by atoms with Crippen LogP contribution in [-0.4, -0.2) is 19.6 Å². The van der Waals surface area contributed by atoms with Crippen LogP contribution in [0, 0.1) is 0 Å². The minimum absolute atomic E-state index is 0.253. The Morgan fingerprint density at radius 1 is 1.21 bits per heavy atom. The van der Waals surface area contributed by atoms with Gasteiger partial charge in [0.2, 0.25) is 5.91 Å². The van der Waals surface area contributed by atoms with Crippen LogP contribution in [-0.2, 0) is 17.8 Å². The molecule has 2 rings (SSSR count). The third-order valence-corrected chi connectivity index (χ3v) is 4.00. The van der Waals surface area contributed by atoms with Crippen LogP contribution in [0.25, 0.3) is 0 Å². The number of ether oxygens (including phenoxy) is 2. The van der Waals surface area contributed by atoms with Crippen LogP contribution < -0.4 is 20.5 Å². The highest BCUT2D eigenvalue weighted by molar-refractivity contribution is 9.10. The van der Waals surface area contributed by atoms with Crippen LogP contribution in [0.5, 0.6) is 11.5 Å². The zero-order chi connectivity index (χ0) is 17.5. The highest BCUT2D eigenvalue weighted by Gasteiger charge is 2.11. The summed E-state index contributed by atoms with van der Waals surface area (Å²) in [6, 6.07) is 11.6. The van der Waals surface area contributed by atoms with Crippen molar-refractivity contribution in [2.75, 3.05) is 19.0 Å². The number of primary amides is 1. The van der Waals surface area contributed by atoms with Gasteiger partial charge in [-0.05, 0) is 58.2 Å². The summed E-state index contributed by atoms with van der Waals surface area (Å²) < 4.78 is 11.8. The summed E-state index contributed by atoms with van der Waals surface area (Å²) in [5.41, 5.74) is 8.12. The highest BCUT2D eigenvalue weighted by Crippen LogP contribution is 2.36. The quantitative estimate of drug-likeness (QED) is 0.720. The minimum atomic E-state index is -0.331. The van der Waals surface area contributed by atoms with Crippen molar-refractivity contribution in [2.45, 2.75) is 19.9 Å². The van der Waals surface area contributed by atoms with Crippen molar-refractivity contribution in [1.29, 1.82) is 0 Å². The van der Waals surface area contributed by atoms with Crippen molar-refractivity contribution in [3.05, 3.63) is 52.0 Å². The summed E-state index contributed by atoms with van der Waals surface area (Å²) >= 11 is 3.52. The normalized spacial score (nSPS) is 10.3. The first kappa shape index (κ1) is 18.1. The molecule has 0 spiro atoms. The topological polar surface area (TPSA) is 73.6 Å². The maximum absolute atomic E-state index is 10.9. The van der Waals surface area contributed by atoms with Gasteiger partial charge >= 0.3 is 0 Å². The zero-order valence-corrected chi connectivity index (χ0v) is 15.4. The van der Waals surface area contributed by atoms with Crippen molar-refractivity contribution in [1.82, 2.24) is 0 Å².